The van der Waals surface area contributed by atoms with Gasteiger partial charge in [0.15, 0.2) is 23.0 Å². The van der Waals surface area contributed by atoms with Crippen LogP contribution in [0.1, 0.15) is 27.0 Å². The summed E-state index contributed by atoms with van der Waals surface area (Å²) in [5, 5.41) is 0. The van der Waals surface area contributed by atoms with Crippen molar-refractivity contribution < 1.29 is 42.8 Å². The molecule has 4 aromatic rings. The number of methoxy groups -OCH3 is 5. The summed E-state index contributed by atoms with van der Waals surface area (Å²) in [6, 6.07) is 22.2. The van der Waals surface area contributed by atoms with E-state index in [-0.39, 0.29) is 29.1 Å². The van der Waals surface area contributed by atoms with E-state index < -0.39 is 17.7 Å². The van der Waals surface area contributed by atoms with Gasteiger partial charge in [0, 0.05) is 6.07 Å². The number of imide groups is 3. The van der Waals surface area contributed by atoms with Gasteiger partial charge >= 0.3 is 0 Å². The number of halogens is 1. The van der Waals surface area contributed by atoms with Crippen molar-refractivity contribution in [1.82, 2.24) is 4.90 Å². The van der Waals surface area contributed by atoms with Crippen LogP contribution in [0.3, 0.4) is 0 Å². The number of benzene rings is 4. The third-order valence-corrected chi connectivity index (χ3v) is 7.97. The maximum absolute atomic E-state index is 14.2. The Hall–Kier alpha value is -5.29. The molecule has 1 aliphatic heterocycles. The minimum Gasteiger partial charge on any atom is -0.496 e. The summed E-state index contributed by atoms with van der Waals surface area (Å²) in [4.78, 5) is 43.1. The number of hydrogen-bond donors (Lipinski definition) is 0. The lowest BCUT2D eigenvalue weighted by molar-refractivity contribution is -0.132. The largest absolute Gasteiger partial charge is 0.496 e. The number of carbonyl (C=O) groups is 3. The van der Waals surface area contributed by atoms with Gasteiger partial charge in [0.05, 0.1) is 56.7 Å². The number of amides is 3. The van der Waals surface area contributed by atoms with E-state index in [9.17, 15) is 14.4 Å². The first-order valence-corrected chi connectivity index (χ1v) is 14.7. The Labute approximate surface area is 274 Å². The summed E-state index contributed by atoms with van der Waals surface area (Å²) < 4.78 is 33.6. The molecule has 0 spiro atoms. The van der Waals surface area contributed by atoms with Gasteiger partial charge in [0.1, 0.15) is 18.1 Å². The molecule has 0 bridgehead atoms. The van der Waals surface area contributed by atoms with Crippen LogP contribution in [0.4, 0.5) is 0 Å². The molecule has 0 fully saturated rings. The van der Waals surface area contributed by atoms with Crippen LogP contribution in [0.5, 0.6) is 34.5 Å². The fourth-order valence-electron chi connectivity index (χ4n) is 5.07. The van der Waals surface area contributed by atoms with Crippen LogP contribution in [0.25, 0.3) is 11.1 Å². The smallest absolute Gasteiger partial charge is 0.271 e. The molecule has 0 radical (unpaired) electrons. The van der Waals surface area contributed by atoms with Crippen molar-refractivity contribution in [2.45, 2.75) is 6.61 Å². The van der Waals surface area contributed by atoms with Gasteiger partial charge in [-0.25, -0.2) is 4.90 Å². The van der Waals surface area contributed by atoms with Gasteiger partial charge in [-0.1, -0.05) is 42.5 Å². The molecule has 0 saturated heterocycles. The van der Waals surface area contributed by atoms with Crippen molar-refractivity contribution in [3.05, 3.63) is 106 Å². The van der Waals surface area contributed by atoms with Crippen LogP contribution in [0.2, 0.25) is 0 Å². The van der Waals surface area contributed by atoms with Crippen molar-refractivity contribution in [3.8, 4) is 34.5 Å². The minimum absolute atomic E-state index is 0.00706. The van der Waals surface area contributed by atoms with Crippen LogP contribution < -0.4 is 28.4 Å². The van der Waals surface area contributed by atoms with Gasteiger partial charge in [0.2, 0.25) is 0 Å². The Morgan fingerprint density at radius 1 is 0.609 bits per heavy atom. The first-order valence-electron chi connectivity index (χ1n) is 13.9. The first-order chi connectivity index (χ1) is 22.3. The number of nitrogens with zero attached hydrogens (tertiary/aromatic N) is 1. The van der Waals surface area contributed by atoms with Gasteiger partial charge in [0.25, 0.3) is 17.7 Å². The molecule has 5 rings (SSSR count). The fraction of sp³-hybridized carbons (Fsp3) is 0.171. The molecule has 4 aromatic carbocycles. The van der Waals surface area contributed by atoms with Gasteiger partial charge < -0.3 is 28.4 Å². The third kappa shape index (κ3) is 6.01. The monoisotopic (exact) mass is 687 g/mol. The highest BCUT2D eigenvalue weighted by atomic mass is 79.9. The van der Waals surface area contributed by atoms with E-state index in [0.29, 0.717) is 49.2 Å². The molecule has 0 atom stereocenters. The normalized spacial score (nSPS) is 12.7. The number of hydrogen-bond acceptors (Lipinski definition) is 9. The molecule has 0 aromatic heterocycles. The second-order valence-corrected chi connectivity index (χ2v) is 10.8. The average molecular weight is 689 g/mol. The summed E-state index contributed by atoms with van der Waals surface area (Å²) >= 11 is 3.46. The molecule has 3 amide bonds. The second-order valence-electron chi connectivity index (χ2n) is 9.90. The molecule has 46 heavy (non-hydrogen) atoms. The van der Waals surface area contributed by atoms with Gasteiger partial charge in [-0.3, -0.25) is 14.4 Å². The van der Waals surface area contributed by atoms with E-state index in [4.69, 9.17) is 28.4 Å². The molecule has 1 aliphatic rings. The van der Waals surface area contributed by atoms with E-state index in [1.807, 2.05) is 30.3 Å². The third-order valence-electron chi connectivity index (χ3n) is 7.35. The molecule has 0 saturated carbocycles. The van der Waals surface area contributed by atoms with Crippen molar-refractivity contribution in [2.75, 3.05) is 35.5 Å². The average Bonchev–Trinajstić information content (AvgIpc) is 3.35. The summed E-state index contributed by atoms with van der Waals surface area (Å²) in [6.07, 6.45) is 0. The van der Waals surface area contributed by atoms with Crippen LogP contribution in [0, 0.1) is 0 Å². The van der Waals surface area contributed by atoms with Crippen molar-refractivity contribution in [2.24, 2.45) is 0 Å². The maximum atomic E-state index is 14.2. The molecule has 1 heterocycles. The lowest BCUT2D eigenvalue weighted by atomic mass is 9.95. The highest BCUT2D eigenvalue weighted by Gasteiger charge is 2.44. The Kier molecular flexibility index (Phi) is 9.62. The molecule has 0 unspecified atom stereocenters. The van der Waals surface area contributed by atoms with Gasteiger partial charge in [-0.15, -0.1) is 0 Å². The molecule has 0 N–H and O–H groups in total. The Balaban J connectivity index is 1.59. The van der Waals surface area contributed by atoms with Gasteiger partial charge in [-0.05, 0) is 63.0 Å². The van der Waals surface area contributed by atoms with E-state index in [1.165, 1.54) is 47.7 Å². The highest BCUT2D eigenvalue weighted by Crippen LogP contribution is 2.42. The lowest BCUT2D eigenvalue weighted by Gasteiger charge is -2.18. The quantitative estimate of drug-likeness (QED) is 0.171. The number of rotatable bonds is 11. The minimum atomic E-state index is -0.879. The maximum Gasteiger partial charge on any atom is 0.271 e. The fourth-order valence-corrected chi connectivity index (χ4v) is 5.53. The molecule has 10 nitrogen and oxygen atoms in total. The Morgan fingerprint density at radius 2 is 1.11 bits per heavy atom. The molecule has 236 valence electrons. The number of carbonyl (C=O) groups excluding carboxylic acids is 3. The van der Waals surface area contributed by atoms with Crippen LogP contribution in [0.15, 0.2) is 83.3 Å². The highest BCUT2D eigenvalue weighted by molar-refractivity contribution is 9.10. The predicted octanol–water partition coefficient (Wildman–Crippen LogP) is 6.19. The van der Waals surface area contributed by atoms with Gasteiger partial charge in [-0.2, -0.15) is 0 Å². The topological polar surface area (TPSA) is 110 Å². The van der Waals surface area contributed by atoms with E-state index >= 15 is 0 Å². The summed E-state index contributed by atoms with van der Waals surface area (Å²) in [5.41, 5.74) is 1.59. The van der Waals surface area contributed by atoms with E-state index in [2.05, 4.69) is 15.9 Å². The van der Waals surface area contributed by atoms with E-state index in [0.717, 1.165) is 5.56 Å². The zero-order valence-electron chi connectivity index (χ0n) is 25.7. The number of ether oxygens (including phenoxy) is 6. The Morgan fingerprint density at radius 3 is 1.59 bits per heavy atom. The van der Waals surface area contributed by atoms with Crippen LogP contribution in [-0.4, -0.2) is 58.2 Å². The van der Waals surface area contributed by atoms with Crippen LogP contribution >= 0.6 is 15.9 Å². The van der Waals surface area contributed by atoms with Crippen molar-refractivity contribution >= 4 is 44.8 Å². The first kappa shape index (κ1) is 32.1. The SMILES string of the molecule is COc1ccc(C2=C(c3ccc(OC)c(OC)c3)C(=O)N(C(=O)c3cc(Br)c(OCc4ccccc4)cc3OC)C2=O)cc1OC. The Bertz CT molecular complexity index is 1780. The second kappa shape index (κ2) is 13.8. The molecular weight excluding hydrogens is 658 g/mol. The van der Waals surface area contributed by atoms with Crippen LogP contribution in [-0.2, 0) is 16.2 Å². The summed E-state index contributed by atoms with van der Waals surface area (Å²) in [6.45, 7) is 0.270. The molecular formula is C35H30BrNO9. The standard InChI is InChI=1S/C35H30BrNO9/c1-41-25-13-11-21(15-29(25)44-4)31-32(22-12-14-26(42-2)30(16-22)45-5)35(40)37(34(31)39)33(38)23-17-24(36)28(18-27(23)43-3)46-19-20-9-7-6-8-10-20/h6-18H,19H2,1-5H3. The van der Waals surface area contributed by atoms with Crippen molar-refractivity contribution in [3.63, 3.8) is 0 Å². The summed E-state index contributed by atoms with van der Waals surface area (Å²) in [5.74, 6) is -0.487. The summed E-state index contributed by atoms with van der Waals surface area (Å²) in [7, 11) is 7.27. The predicted molar refractivity (Wildman–Crippen MR) is 174 cm³/mol. The zero-order chi connectivity index (χ0) is 33.0. The van der Waals surface area contributed by atoms with E-state index in [1.54, 1.807) is 36.4 Å². The van der Waals surface area contributed by atoms with Crippen molar-refractivity contribution in [1.29, 1.82) is 0 Å². The molecule has 11 heteroatoms. The molecule has 0 aliphatic carbocycles. The lowest BCUT2D eigenvalue weighted by Crippen LogP contribution is -2.37. The zero-order valence-corrected chi connectivity index (χ0v) is 27.3.